The van der Waals surface area contributed by atoms with Gasteiger partial charge in [-0.05, 0) is 32.4 Å². The van der Waals surface area contributed by atoms with Crippen molar-refractivity contribution >= 4 is 39.7 Å². The third-order valence-corrected chi connectivity index (χ3v) is 3.61. The molecule has 0 amide bonds. The van der Waals surface area contributed by atoms with Crippen LogP contribution in [0.3, 0.4) is 0 Å². The van der Waals surface area contributed by atoms with Gasteiger partial charge in [0.2, 0.25) is 0 Å². The molecule has 0 aromatic rings. The van der Waals surface area contributed by atoms with Crippen LogP contribution in [-0.2, 0) is 0 Å². The van der Waals surface area contributed by atoms with Crippen LogP contribution in [0.15, 0.2) is 20.8 Å². The molecule has 56 valence electrons. The van der Waals surface area contributed by atoms with E-state index < -0.39 is 0 Å². The van der Waals surface area contributed by atoms with Gasteiger partial charge in [0.05, 0.1) is 12.3 Å². The second-order valence-corrected chi connectivity index (χ2v) is 4.66. The van der Waals surface area contributed by atoms with Gasteiger partial charge in [0.15, 0.2) is 0 Å². The molecule has 2 aliphatic carbocycles. The van der Waals surface area contributed by atoms with Crippen molar-refractivity contribution in [3.63, 3.8) is 0 Å². The van der Waals surface area contributed by atoms with Crippen LogP contribution in [0.4, 0.5) is 0 Å². The van der Waals surface area contributed by atoms with Crippen LogP contribution >= 0.6 is 31.9 Å². The first-order chi connectivity index (χ1) is 5.13. The Morgan fingerprint density at radius 1 is 1.36 bits per heavy atom. The predicted octanol–water partition coefficient (Wildman–Crippen LogP) is 2.65. The first-order valence-corrected chi connectivity index (χ1v) is 4.93. The van der Waals surface area contributed by atoms with E-state index >= 15 is 0 Å². The Bertz CT molecular complexity index is 272. The molecule has 0 spiro atoms. The van der Waals surface area contributed by atoms with Crippen LogP contribution in [0.25, 0.3) is 0 Å². The van der Waals surface area contributed by atoms with Crippen LogP contribution in [0.2, 0.25) is 5.82 Å². The Labute approximate surface area is 83.2 Å². The lowest BCUT2D eigenvalue weighted by Gasteiger charge is -2.06. The third-order valence-electron chi connectivity index (χ3n) is 2.22. The van der Waals surface area contributed by atoms with E-state index in [9.17, 15) is 5.11 Å². The Balaban J connectivity index is 2.40. The maximum absolute atomic E-state index is 9.46. The molecule has 2 unspecified atom stereocenters. The lowest BCUT2D eigenvalue weighted by atomic mass is 9.99. The molecule has 1 fully saturated rings. The topological polar surface area (TPSA) is 20.2 Å². The summed E-state index contributed by atoms with van der Waals surface area (Å²) in [6.45, 7) is 0. The van der Waals surface area contributed by atoms with Crippen molar-refractivity contribution in [2.45, 2.75) is 5.82 Å². The van der Waals surface area contributed by atoms with Crippen LogP contribution in [0.5, 0.6) is 0 Å². The highest BCUT2D eigenvalue weighted by molar-refractivity contribution is 9.12. The molecule has 0 aliphatic heterocycles. The van der Waals surface area contributed by atoms with Crippen LogP contribution in [0.1, 0.15) is 0 Å². The molecule has 0 saturated heterocycles. The van der Waals surface area contributed by atoms with Crippen molar-refractivity contribution in [2.75, 3.05) is 0 Å². The Hall–Kier alpha value is 0.305. The van der Waals surface area contributed by atoms with Crippen molar-refractivity contribution in [1.29, 1.82) is 0 Å². The number of aliphatic hydroxyl groups is 1. The van der Waals surface area contributed by atoms with Gasteiger partial charge >= 0.3 is 0 Å². The van der Waals surface area contributed by atoms with Crippen molar-refractivity contribution in [1.82, 2.24) is 0 Å². The third kappa shape index (κ3) is 1.03. The minimum atomic E-state index is 0.0932. The monoisotopic (exact) mass is 274 g/mol. The summed E-state index contributed by atoms with van der Waals surface area (Å²) in [4.78, 5) is 0. The number of fused-ring (bicyclic) bond motifs is 1. The predicted molar refractivity (Wildman–Crippen MR) is 52.1 cm³/mol. The van der Waals surface area contributed by atoms with Gasteiger partial charge in [-0.2, -0.15) is 0 Å². The molecular formula is C7H5BBr2O. The molecule has 3 atom stereocenters. The zero-order valence-electron chi connectivity index (χ0n) is 5.59. The van der Waals surface area contributed by atoms with Crippen LogP contribution in [-0.4, -0.2) is 13.0 Å². The maximum Gasteiger partial charge on any atom is 0.110 e. The van der Waals surface area contributed by atoms with E-state index in [1.54, 1.807) is 0 Å². The van der Waals surface area contributed by atoms with Crippen LogP contribution in [0, 0.1) is 11.8 Å². The maximum atomic E-state index is 9.46. The SMILES string of the molecule is [B]C1C2C(O)=C(Br)C=C(Br)[C@H]12. The first-order valence-electron chi connectivity index (χ1n) is 3.34. The van der Waals surface area contributed by atoms with Crippen molar-refractivity contribution < 1.29 is 5.11 Å². The standard InChI is InChI=1S/C7H5BBr2O/c8-6-4-2(9)1-3(10)7(11)5(4)6/h1,4-6,11H/t4-,5?,6?/m0/s1. The molecule has 0 heterocycles. The number of rotatable bonds is 0. The number of aliphatic hydroxyl groups excluding tert-OH is 1. The van der Waals surface area contributed by atoms with E-state index in [0.717, 1.165) is 8.96 Å². The molecule has 2 aliphatic rings. The van der Waals surface area contributed by atoms with E-state index in [4.69, 9.17) is 7.85 Å². The average molecular weight is 276 g/mol. The van der Waals surface area contributed by atoms with Gasteiger partial charge in [0.1, 0.15) is 5.76 Å². The smallest absolute Gasteiger partial charge is 0.110 e. The van der Waals surface area contributed by atoms with Gasteiger partial charge in [0.25, 0.3) is 0 Å². The van der Waals surface area contributed by atoms with E-state index in [1.807, 2.05) is 6.08 Å². The molecule has 1 nitrogen and oxygen atoms in total. The molecule has 4 heteroatoms. The van der Waals surface area contributed by atoms with Crippen molar-refractivity contribution in [3.8, 4) is 0 Å². The number of halogens is 2. The molecule has 2 rings (SSSR count). The lowest BCUT2D eigenvalue weighted by Crippen LogP contribution is -1.95. The van der Waals surface area contributed by atoms with E-state index in [1.165, 1.54) is 0 Å². The molecule has 0 aromatic heterocycles. The Morgan fingerprint density at radius 2 is 2.00 bits per heavy atom. The molecule has 0 bridgehead atoms. The van der Waals surface area contributed by atoms with E-state index in [-0.39, 0.29) is 11.7 Å². The highest BCUT2D eigenvalue weighted by atomic mass is 79.9. The first kappa shape index (κ1) is 7.93. The molecule has 2 radical (unpaired) electrons. The number of allylic oxidation sites excluding steroid dienone is 4. The Kier molecular flexibility index (Phi) is 1.73. The normalized spacial score (nSPS) is 41.6. The van der Waals surface area contributed by atoms with Crippen molar-refractivity contribution in [2.24, 2.45) is 11.8 Å². The highest BCUT2D eigenvalue weighted by Crippen LogP contribution is 2.62. The van der Waals surface area contributed by atoms with E-state index in [0.29, 0.717) is 11.7 Å². The average Bonchev–Trinajstić information content (AvgIpc) is 2.58. The van der Waals surface area contributed by atoms with Gasteiger partial charge in [-0.25, -0.2) is 0 Å². The molecule has 1 saturated carbocycles. The van der Waals surface area contributed by atoms with Gasteiger partial charge in [-0.15, -0.1) is 0 Å². The summed E-state index contributed by atoms with van der Waals surface area (Å²) in [5.41, 5.74) is 0. The minimum Gasteiger partial charge on any atom is -0.511 e. The van der Waals surface area contributed by atoms with Crippen LogP contribution < -0.4 is 0 Å². The largest absolute Gasteiger partial charge is 0.511 e. The summed E-state index contributed by atoms with van der Waals surface area (Å²) in [7, 11) is 5.73. The van der Waals surface area contributed by atoms with E-state index in [2.05, 4.69) is 31.9 Å². The van der Waals surface area contributed by atoms with Gasteiger partial charge in [0, 0.05) is 5.92 Å². The minimum absolute atomic E-state index is 0.0932. The summed E-state index contributed by atoms with van der Waals surface area (Å²) in [6.07, 6.45) is 1.86. The quantitative estimate of drug-likeness (QED) is 0.674. The van der Waals surface area contributed by atoms with Crippen molar-refractivity contribution in [3.05, 3.63) is 20.8 Å². The van der Waals surface area contributed by atoms with Gasteiger partial charge in [-0.3, -0.25) is 0 Å². The Morgan fingerprint density at radius 3 is 2.64 bits per heavy atom. The zero-order valence-corrected chi connectivity index (χ0v) is 8.76. The molecule has 1 N–H and O–H groups in total. The fourth-order valence-corrected chi connectivity index (χ4v) is 3.13. The number of hydrogen-bond acceptors (Lipinski definition) is 1. The highest BCUT2D eigenvalue weighted by Gasteiger charge is 2.52. The summed E-state index contributed by atoms with van der Waals surface area (Å²) >= 11 is 6.67. The zero-order chi connectivity index (χ0) is 8.17. The molecular weight excluding hydrogens is 271 g/mol. The molecule has 0 aromatic carbocycles. The molecule has 11 heavy (non-hydrogen) atoms. The fourth-order valence-electron chi connectivity index (χ4n) is 1.49. The lowest BCUT2D eigenvalue weighted by molar-refractivity contribution is 0.372. The summed E-state index contributed by atoms with van der Waals surface area (Å²) in [5, 5.41) is 9.46. The summed E-state index contributed by atoms with van der Waals surface area (Å²) in [5.74, 6) is 0.946. The fraction of sp³-hybridized carbons (Fsp3) is 0.429. The summed E-state index contributed by atoms with van der Waals surface area (Å²) < 4.78 is 1.83. The second kappa shape index (κ2) is 2.39. The van der Waals surface area contributed by atoms with Gasteiger partial charge < -0.3 is 5.11 Å². The second-order valence-electron chi connectivity index (χ2n) is 2.89. The van der Waals surface area contributed by atoms with Gasteiger partial charge in [-0.1, -0.05) is 21.7 Å². The summed E-state index contributed by atoms with van der Waals surface area (Å²) in [6, 6.07) is 0. The number of hydrogen-bond donors (Lipinski definition) is 1.